The maximum Gasteiger partial charge on any atom is 0.490 e. The molecule has 0 bridgehead atoms. The molecule has 84 valence electrons. The fraction of sp³-hybridized carbons (Fsp3) is 0. The number of nitrogens with one attached hydrogen (secondary N) is 1. The minimum atomic E-state index is -1.85. The zero-order valence-corrected chi connectivity index (χ0v) is 8.55. The van der Waals surface area contributed by atoms with Crippen LogP contribution >= 0.6 is 0 Å². The number of hydrogen-bond acceptors (Lipinski definition) is 5. The lowest BCUT2D eigenvalue weighted by Crippen LogP contribution is -2.32. The van der Waals surface area contributed by atoms with E-state index in [1.54, 1.807) is 12.1 Å². The lowest BCUT2D eigenvalue weighted by Gasteiger charge is -2.08. The number of nitrogens with zero attached hydrogens (tertiary/aromatic N) is 2. The number of anilines is 1. The Labute approximate surface area is 97.2 Å². The molecule has 0 amide bonds. The van der Waals surface area contributed by atoms with E-state index in [1.807, 2.05) is 0 Å². The zero-order valence-electron chi connectivity index (χ0n) is 8.55. The van der Waals surface area contributed by atoms with E-state index in [2.05, 4.69) is 5.32 Å². The second-order valence-electron chi connectivity index (χ2n) is 3.03. The van der Waals surface area contributed by atoms with Gasteiger partial charge in [0.25, 0.3) is 0 Å². The number of allylic oxidation sites excluding steroid dienone is 1. The van der Waals surface area contributed by atoms with Crippen molar-refractivity contribution in [3.63, 3.8) is 0 Å². The lowest BCUT2D eigenvalue weighted by molar-refractivity contribution is 0.425. The summed E-state index contributed by atoms with van der Waals surface area (Å²) in [6.45, 7) is 0. The maximum atomic E-state index is 12.9. The molecule has 7 heteroatoms. The summed E-state index contributed by atoms with van der Waals surface area (Å²) in [5.41, 5.74) is -0.0754. The Balaban J connectivity index is 3.04. The van der Waals surface area contributed by atoms with E-state index in [-0.39, 0.29) is 16.7 Å². The van der Waals surface area contributed by atoms with E-state index in [9.17, 15) is 4.39 Å². The zero-order chi connectivity index (χ0) is 12.8. The van der Waals surface area contributed by atoms with Crippen LogP contribution in [-0.4, -0.2) is 17.2 Å². The Kier molecular flexibility index (Phi) is 4.24. The summed E-state index contributed by atoms with van der Waals surface area (Å²) in [7, 11) is -1.85. The molecule has 0 saturated heterocycles. The van der Waals surface area contributed by atoms with Crippen molar-refractivity contribution in [1.82, 2.24) is 0 Å². The van der Waals surface area contributed by atoms with E-state index < -0.39 is 12.9 Å². The molecule has 0 atom stereocenters. The highest BCUT2D eigenvalue weighted by Crippen LogP contribution is 2.07. The molecule has 0 heterocycles. The van der Waals surface area contributed by atoms with E-state index in [0.717, 1.165) is 18.3 Å². The molecule has 17 heavy (non-hydrogen) atoms. The van der Waals surface area contributed by atoms with Crippen LogP contribution in [-0.2, 0) is 0 Å². The van der Waals surface area contributed by atoms with E-state index in [1.165, 1.54) is 6.07 Å². The van der Waals surface area contributed by atoms with Gasteiger partial charge in [-0.25, -0.2) is 4.39 Å². The second kappa shape index (κ2) is 5.66. The third-order valence-corrected chi connectivity index (χ3v) is 1.90. The number of halogens is 1. The van der Waals surface area contributed by atoms with Gasteiger partial charge in [0, 0.05) is 17.4 Å². The Morgan fingerprint density at radius 2 is 2.00 bits per heavy atom. The molecule has 1 aromatic rings. The Bertz CT molecular complexity index is 515. The summed E-state index contributed by atoms with van der Waals surface area (Å²) in [5.74, 6) is -0.622. The van der Waals surface area contributed by atoms with Crippen LogP contribution in [0, 0.1) is 28.5 Å². The highest BCUT2D eigenvalue weighted by molar-refractivity contribution is 6.60. The summed E-state index contributed by atoms with van der Waals surface area (Å²) in [6, 6.07) is 6.57. The fourth-order valence-corrected chi connectivity index (χ4v) is 1.12. The van der Waals surface area contributed by atoms with E-state index in [0.29, 0.717) is 0 Å². The van der Waals surface area contributed by atoms with Gasteiger partial charge in [0.2, 0.25) is 0 Å². The molecule has 0 radical (unpaired) electrons. The van der Waals surface area contributed by atoms with Crippen molar-refractivity contribution in [1.29, 1.82) is 10.5 Å². The number of hydrogen-bond donors (Lipinski definition) is 3. The Morgan fingerprint density at radius 3 is 2.53 bits per heavy atom. The predicted molar refractivity (Wildman–Crippen MR) is 59.2 cm³/mol. The smallest absolute Gasteiger partial charge is 0.423 e. The van der Waals surface area contributed by atoms with Gasteiger partial charge in [0.05, 0.1) is 0 Å². The normalized spacial score (nSPS) is 8.76. The van der Waals surface area contributed by atoms with Crippen molar-refractivity contribution >= 4 is 18.3 Å². The first-order valence-corrected chi connectivity index (χ1v) is 4.51. The molecule has 0 fully saturated rings. The summed E-state index contributed by atoms with van der Waals surface area (Å²) in [6.07, 6.45) is 1.10. The molecule has 0 aliphatic rings. The van der Waals surface area contributed by atoms with Crippen molar-refractivity contribution in [2.75, 3.05) is 5.32 Å². The van der Waals surface area contributed by atoms with Crippen LogP contribution in [0.2, 0.25) is 0 Å². The quantitative estimate of drug-likeness (QED) is 0.496. The topological polar surface area (TPSA) is 100 Å². The van der Waals surface area contributed by atoms with Crippen LogP contribution in [0.5, 0.6) is 0 Å². The van der Waals surface area contributed by atoms with Gasteiger partial charge in [-0.05, 0) is 18.2 Å². The van der Waals surface area contributed by atoms with Gasteiger partial charge in [-0.15, -0.1) is 0 Å². The molecule has 1 aromatic carbocycles. The average molecular weight is 231 g/mol. The first kappa shape index (κ1) is 12.7. The van der Waals surface area contributed by atoms with Gasteiger partial charge in [0.1, 0.15) is 23.5 Å². The minimum absolute atomic E-state index is 0.0866. The monoisotopic (exact) mass is 231 g/mol. The third-order valence-electron chi connectivity index (χ3n) is 1.90. The fourth-order valence-electron chi connectivity index (χ4n) is 1.12. The molecule has 0 spiro atoms. The predicted octanol–water partition coefficient (Wildman–Crippen LogP) is -0.152. The Morgan fingerprint density at radius 1 is 1.35 bits per heavy atom. The summed E-state index contributed by atoms with van der Waals surface area (Å²) in [4.78, 5) is 0. The molecule has 0 aliphatic heterocycles. The van der Waals surface area contributed by atoms with E-state index >= 15 is 0 Å². The van der Waals surface area contributed by atoms with Crippen LogP contribution in [0.1, 0.15) is 0 Å². The van der Waals surface area contributed by atoms with E-state index in [4.69, 9.17) is 20.6 Å². The van der Waals surface area contributed by atoms with Crippen LogP contribution in [0.25, 0.3) is 0 Å². The summed E-state index contributed by atoms with van der Waals surface area (Å²) in [5, 5.41) is 37.5. The molecule has 1 rings (SSSR count). The first-order valence-electron chi connectivity index (χ1n) is 4.51. The van der Waals surface area contributed by atoms with Gasteiger partial charge in [-0.1, -0.05) is 0 Å². The molecule has 3 N–H and O–H groups in total. The van der Waals surface area contributed by atoms with Gasteiger partial charge in [-0.3, -0.25) is 0 Å². The van der Waals surface area contributed by atoms with Gasteiger partial charge >= 0.3 is 7.12 Å². The highest BCUT2D eigenvalue weighted by atomic mass is 19.1. The van der Waals surface area contributed by atoms with Crippen LogP contribution in [0.4, 0.5) is 10.1 Å². The number of nitriles is 2. The van der Waals surface area contributed by atoms with Crippen molar-refractivity contribution in [2.45, 2.75) is 0 Å². The molecule has 0 saturated carbocycles. The standard InChI is InChI=1S/C10H7BFN3O2/c12-8-1-2-10(9(3-8)11(16)17)15-6-7(4-13)5-14/h1-3,6,15-17H. The second-order valence-corrected chi connectivity index (χ2v) is 3.03. The van der Waals surface area contributed by atoms with Crippen LogP contribution in [0.3, 0.4) is 0 Å². The lowest BCUT2D eigenvalue weighted by atomic mass is 9.79. The average Bonchev–Trinajstić information content (AvgIpc) is 2.31. The largest absolute Gasteiger partial charge is 0.490 e. The van der Waals surface area contributed by atoms with Crippen molar-refractivity contribution < 1.29 is 14.4 Å². The third kappa shape index (κ3) is 3.31. The summed E-state index contributed by atoms with van der Waals surface area (Å²) < 4.78 is 12.9. The number of rotatable bonds is 3. The Hall–Kier alpha value is -2.35. The van der Waals surface area contributed by atoms with Crippen LogP contribution in [0.15, 0.2) is 30.0 Å². The molecular formula is C10H7BFN3O2. The van der Waals surface area contributed by atoms with Crippen LogP contribution < -0.4 is 10.8 Å². The van der Waals surface area contributed by atoms with Crippen molar-refractivity contribution in [2.24, 2.45) is 0 Å². The van der Waals surface area contributed by atoms with Crippen molar-refractivity contribution in [3.8, 4) is 12.1 Å². The number of benzene rings is 1. The highest BCUT2D eigenvalue weighted by Gasteiger charge is 2.16. The first-order chi connectivity index (χ1) is 8.08. The molecular weight excluding hydrogens is 224 g/mol. The molecule has 0 unspecified atom stereocenters. The van der Waals surface area contributed by atoms with Gasteiger partial charge in [0.15, 0.2) is 0 Å². The molecule has 0 aliphatic carbocycles. The van der Waals surface area contributed by atoms with Gasteiger partial charge < -0.3 is 15.4 Å². The molecule has 5 nitrogen and oxygen atoms in total. The van der Waals surface area contributed by atoms with Crippen molar-refractivity contribution in [3.05, 3.63) is 35.8 Å². The molecule has 0 aromatic heterocycles. The maximum absolute atomic E-state index is 12.9. The van der Waals surface area contributed by atoms with Gasteiger partial charge in [-0.2, -0.15) is 10.5 Å². The minimum Gasteiger partial charge on any atom is -0.423 e. The summed E-state index contributed by atoms with van der Waals surface area (Å²) >= 11 is 0. The SMILES string of the molecule is N#CC(C#N)=CNc1ccc(F)cc1B(O)O.